The quantitative estimate of drug-likeness (QED) is 0.918. The van der Waals surface area contributed by atoms with Crippen LogP contribution in [0.25, 0.3) is 0 Å². The van der Waals surface area contributed by atoms with Crippen LogP contribution in [0.1, 0.15) is 23.9 Å². The number of rotatable bonds is 4. The highest BCUT2D eigenvalue weighted by molar-refractivity contribution is 8.31. The number of aryl methyl sites for hydroxylation is 1. The van der Waals surface area contributed by atoms with Crippen LogP contribution in [0.3, 0.4) is 0 Å². The highest BCUT2D eigenvalue weighted by Crippen LogP contribution is 2.27. The van der Waals surface area contributed by atoms with Crippen molar-refractivity contribution in [1.82, 2.24) is 9.78 Å². The Hall–Kier alpha value is -0.520. The Balaban J connectivity index is 0.000000494. The van der Waals surface area contributed by atoms with Crippen LogP contribution >= 0.6 is 10.0 Å². The highest BCUT2D eigenvalue weighted by atomic mass is 32.3. The molecule has 0 radical (unpaired) electrons. The van der Waals surface area contributed by atoms with Gasteiger partial charge >= 0.3 is 0 Å². The van der Waals surface area contributed by atoms with Gasteiger partial charge in [0.05, 0.1) is 12.3 Å². The van der Waals surface area contributed by atoms with E-state index in [-0.39, 0.29) is 16.6 Å². The zero-order valence-electron chi connectivity index (χ0n) is 12.8. The second kappa shape index (κ2) is 7.81. The Morgan fingerprint density at radius 1 is 1.22 bits per heavy atom. The summed E-state index contributed by atoms with van der Waals surface area (Å²) in [5, 5.41) is 13.3. The molecule has 0 aliphatic carbocycles. The monoisotopic (exact) mass is 276 g/mol. The van der Waals surface area contributed by atoms with Crippen LogP contribution in [0.5, 0.6) is 0 Å². The molecule has 0 atom stereocenters. The molecule has 0 fully saturated rings. The SMILES string of the molecule is CCOCn1nc(C)c(CO)c1C.CS(C)(C)C. The minimum Gasteiger partial charge on any atom is -0.392 e. The van der Waals surface area contributed by atoms with E-state index in [2.05, 4.69) is 30.1 Å². The number of nitrogens with zero attached hydrogens (tertiary/aromatic N) is 2. The van der Waals surface area contributed by atoms with Crippen LogP contribution in [0.4, 0.5) is 0 Å². The van der Waals surface area contributed by atoms with Gasteiger partial charge in [0.15, 0.2) is 0 Å². The largest absolute Gasteiger partial charge is 0.392 e. The first kappa shape index (κ1) is 17.5. The predicted molar refractivity (Wildman–Crippen MR) is 80.5 cm³/mol. The number of aromatic nitrogens is 2. The highest BCUT2D eigenvalue weighted by Gasteiger charge is 2.09. The third-order valence-corrected chi connectivity index (χ3v) is 2.11. The molecule has 18 heavy (non-hydrogen) atoms. The minimum atomic E-state index is -0.167. The van der Waals surface area contributed by atoms with E-state index in [1.54, 1.807) is 4.68 Å². The summed E-state index contributed by atoms with van der Waals surface area (Å²) in [6.07, 6.45) is 9.08. The van der Waals surface area contributed by atoms with E-state index in [4.69, 9.17) is 9.84 Å². The van der Waals surface area contributed by atoms with Gasteiger partial charge in [0.25, 0.3) is 0 Å². The predicted octanol–water partition coefficient (Wildman–Crippen LogP) is 2.30. The van der Waals surface area contributed by atoms with Crippen molar-refractivity contribution in [2.45, 2.75) is 34.1 Å². The molecule has 5 heteroatoms. The third kappa shape index (κ3) is 7.03. The molecule has 4 nitrogen and oxygen atoms in total. The van der Waals surface area contributed by atoms with Crippen molar-refractivity contribution in [3.05, 3.63) is 17.0 Å². The zero-order chi connectivity index (χ0) is 14.3. The molecule has 0 saturated carbocycles. The Kier molecular flexibility index (Phi) is 7.59. The van der Waals surface area contributed by atoms with Crippen molar-refractivity contribution >= 4 is 10.0 Å². The van der Waals surface area contributed by atoms with Gasteiger partial charge in [-0.2, -0.15) is 5.10 Å². The Bertz CT molecular complexity index is 351. The summed E-state index contributed by atoms with van der Waals surface area (Å²) in [4.78, 5) is 0. The summed E-state index contributed by atoms with van der Waals surface area (Å²) >= 11 is 0. The smallest absolute Gasteiger partial charge is 0.139 e. The van der Waals surface area contributed by atoms with Crippen LogP contribution in [-0.4, -0.2) is 46.5 Å². The molecule has 108 valence electrons. The van der Waals surface area contributed by atoms with Crippen molar-refractivity contribution in [2.24, 2.45) is 0 Å². The average Bonchev–Trinajstić information content (AvgIpc) is 2.48. The van der Waals surface area contributed by atoms with Crippen molar-refractivity contribution in [3.63, 3.8) is 0 Å². The fourth-order valence-corrected chi connectivity index (χ4v) is 1.27. The molecule has 0 unspecified atom stereocenters. The van der Waals surface area contributed by atoms with Crippen LogP contribution in [0.2, 0.25) is 0 Å². The summed E-state index contributed by atoms with van der Waals surface area (Å²) in [5.41, 5.74) is 2.76. The molecule has 0 amide bonds. The second-order valence-electron chi connectivity index (χ2n) is 5.38. The van der Waals surface area contributed by atoms with Gasteiger partial charge in [-0.1, -0.05) is 0 Å². The number of hydrogen-bond donors (Lipinski definition) is 1. The molecule has 1 heterocycles. The minimum absolute atomic E-state index is 0.0454. The first-order valence-electron chi connectivity index (χ1n) is 6.05. The van der Waals surface area contributed by atoms with Crippen LogP contribution < -0.4 is 0 Å². The first-order valence-corrected chi connectivity index (χ1v) is 9.32. The number of hydrogen-bond acceptors (Lipinski definition) is 3. The van der Waals surface area contributed by atoms with E-state index in [0.29, 0.717) is 13.3 Å². The van der Waals surface area contributed by atoms with Crippen molar-refractivity contribution < 1.29 is 9.84 Å². The molecule has 0 aliphatic heterocycles. The van der Waals surface area contributed by atoms with Gasteiger partial charge in [-0.15, -0.1) is 0 Å². The summed E-state index contributed by atoms with van der Waals surface area (Å²) in [6.45, 7) is 6.95. The maximum absolute atomic E-state index is 9.04. The summed E-state index contributed by atoms with van der Waals surface area (Å²) in [6, 6.07) is 0. The molecule has 0 aliphatic rings. The van der Waals surface area contributed by atoms with Crippen molar-refractivity contribution in [2.75, 3.05) is 31.6 Å². The zero-order valence-corrected chi connectivity index (χ0v) is 13.6. The standard InChI is InChI=1S/C9H16N2O2.C4H12S/c1-4-13-6-11-8(3)9(5-12)7(2)10-11;1-5(2,3)4/h12H,4-6H2,1-3H3;1-4H3. The van der Waals surface area contributed by atoms with Crippen LogP contribution in [0.15, 0.2) is 0 Å². The molecule has 1 rings (SSSR count). The van der Waals surface area contributed by atoms with Gasteiger partial charge in [-0.3, -0.25) is 10.0 Å². The summed E-state index contributed by atoms with van der Waals surface area (Å²) in [5.74, 6) is 0. The lowest BCUT2D eigenvalue weighted by Crippen LogP contribution is -2.06. The second-order valence-corrected chi connectivity index (χ2v) is 10.3. The first-order chi connectivity index (χ1) is 8.20. The lowest BCUT2D eigenvalue weighted by Gasteiger charge is -2.15. The van der Waals surface area contributed by atoms with Crippen molar-refractivity contribution in [3.8, 4) is 0 Å². The lowest BCUT2D eigenvalue weighted by atomic mass is 10.2. The van der Waals surface area contributed by atoms with E-state index >= 15 is 0 Å². The Labute approximate surface area is 113 Å². The molecule has 1 aromatic rings. The molecule has 0 aromatic carbocycles. The number of aliphatic hydroxyl groups excluding tert-OH is 1. The summed E-state index contributed by atoms with van der Waals surface area (Å²) < 4.78 is 7.00. The molecule has 0 spiro atoms. The van der Waals surface area contributed by atoms with Gasteiger partial charge < -0.3 is 9.84 Å². The van der Waals surface area contributed by atoms with E-state index < -0.39 is 0 Å². The molecule has 0 saturated heterocycles. The fraction of sp³-hybridized carbons (Fsp3) is 0.769. The van der Waals surface area contributed by atoms with Crippen LogP contribution in [0, 0.1) is 13.8 Å². The normalized spacial score (nSPS) is 12.0. The van der Waals surface area contributed by atoms with Gasteiger partial charge in [0.1, 0.15) is 6.73 Å². The third-order valence-electron chi connectivity index (χ3n) is 2.11. The van der Waals surface area contributed by atoms with E-state index in [1.807, 2.05) is 20.8 Å². The van der Waals surface area contributed by atoms with Gasteiger partial charge in [-0.05, 0) is 45.8 Å². The number of ether oxygens (including phenoxy) is 1. The lowest BCUT2D eigenvalue weighted by molar-refractivity contribution is 0.0774. The van der Waals surface area contributed by atoms with Crippen molar-refractivity contribution in [1.29, 1.82) is 0 Å². The molecular formula is C13H28N2O2S. The fourth-order valence-electron chi connectivity index (χ4n) is 1.27. The number of aliphatic hydroxyl groups is 1. The Morgan fingerprint density at radius 2 is 1.72 bits per heavy atom. The topological polar surface area (TPSA) is 47.3 Å². The summed E-state index contributed by atoms with van der Waals surface area (Å²) in [7, 11) is -0.167. The maximum Gasteiger partial charge on any atom is 0.139 e. The van der Waals surface area contributed by atoms with Gasteiger partial charge in [-0.25, -0.2) is 4.68 Å². The van der Waals surface area contributed by atoms with Gasteiger partial charge in [0, 0.05) is 17.9 Å². The van der Waals surface area contributed by atoms with E-state index in [9.17, 15) is 0 Å². The van der Waals surface area contributed by atoms with Crippen LogP contribution in [-0.2, 0) is 18.1 Å². The van der Waals surface area contributed by atoms with E-state index in [0.717, 1.165) is 17.0 Å². The Morgan fingerprint density at radius 3 is 2.06 bits per heavy atom. The van der Waals surface area contributed by atoms with E-state index in [1.165, 1.54) is 0 Å². The maximum atomic E-state index is 9.04. The average molecular weight is 276 g/mol. The molecular weight excluding hydrogens is 248 g/mol. The molecule has 0 bridgehead atoms. The molecule has 1 aromatic heterocycles. The van der Waals surface area contributed by atoms with Gasteiger partial charge in [0.2, 0.25) is 0 Å². The molecule has 1 N–H and O–H groups in total.